The van der Waals surface area contributed by atoms with Gasteiger partial charge in [0.2, 0.25) is 11.8 Å². The first-order valence-electron chi connectivity index (χ1n) is 8.29. The first-order valence-corrected chi connectivity index (χ1v) is 9.08. The van der Waals surface area contributed by atoms with Gasteiger partial charge in [-0.1, -0.05) is 30.3 Å². The summed E-state index contributed by atoms with van der Waals surface area (Å²) in [5.41, 5.74) is 2.72. The lowest BCUT2D eigenvalue weighted by Crippen LogP contribution is -2.37. The molecule has 0 bridgehead atoms. The van der Waals surface area contributed by atoms with Crippen LogP contribution >= 0.6 is 15.9 Å². The van der Waals surface area contributed by atoms with Crippen molar-refractivity contribution in [3.8, 4) is 0 Å². The van der Waals surface area contributed by atoms with Crippen LogP contribution in [0.4, 0.5) is 5.69 Å². The van der Waals surface area contributed by atoms with Crippen molar-refractivity contribution in [3.63, 3.8) is 0 Å². The van der Waals surface area contributed by atoms with Crippen molar-refractivity contribution in [1.29, 1.82) is 0 Å². The van der Waals surface area contributed by atoms with Gasteiger partial charge in [-0.05, 0) is 52.5 Å². The highest BCUT2D eigenvalue weighted by molar-refractivity contribution is 9.10. The van der Waals surface area contributed by atoms with Crippen LogP contribution in [0.5, 0.6) is 0 Å². The summed E-state index contributed by atoms with van der Waals surface area (Å²) >= 11 is 3.39. The zero-order valence-corrected chi connectivity index (χ0v) is 16.3. The molecule has 26 heavy (non-hydrogen) atoms. The lowest BCUT2D eigenvalue weighted by Gasteiger charge is -2.18. The van der Waals surface area contributed by atoms with E-state index in [1.807, 2.05) is 54.0 Å². The molecule has 2 aromatic carbocycles. The Morgan fingerprint density at radius 1 is 1.12 bits per heavy atom. The van der Waals surface area contributed by atoms with Crippen LogP contribution in [0.15, 0.2) is 59.1 Å². The maximum Gasteiger partial charge on any atom is 0.244 e. The number of halogens is 1. The van der Waals surface area contributed by atoms with Crippen LogP contribution in [-0.4, -0.2) is 34.9 Å². The maximum absolute atomic E-state index is 12.6. The number of aromatic nitrogens is 1. The summed E-state index contributed by atoms with van der Waals surface area (Å²) in [7, 11) is 1.64. The molecule has 0 saturated heterocycles. The van der Waals surface area contributed by atoms with Crippen molar-refractivity contribution in [3.05, 3.63) is 64.8 Å². The quantitative estimate of drug-likeness (QED) is 0.691. The largest absolute Gasteiger partial charge is 0.335 e. The monoisotopic (exact) mass is 413 g/mol. The van der Waals surface area contributed by atoms with E-state index in [-0.39, 0.29) is 24.9 Å². The number of amides is 2. The van der Waals surface area contributed by atoms with Gasteiger partial charge >= 0.3 is 0 Å². The van der Waals surface area contributed by atoms with E-state index in [0.29, 0.717) is 5.69 Å². The summed E-state index contributed by atoms with van der Waals surface area (Å²) in [5.74, 6) is -0.349. The molecule has 3 aromatic rings. The van der Waals surface area contributed by atoms with Gasteiger partial charge in [-0.2, -0.15) is 0 Å². The van der Waals surface area contributed by atoms with Gasteiger partial charge in [0.25, 0.3) is 0 Å². The summed E-state index contributed by atoms with van der Waals surface area (Å²) in [4.78, 5) is 26.3. The molecule has 0 aliphatic heterocycles. The molecule has 0 unspecified atom stereocenters. The van der Waals surface area contributed by atoms with Crippen LogP contribution < -0.4 is 5.32 Å². The number of anilines is 1. The summed E-state index contributed by atoms with van der Waals surface area (Å²) in [6.07, 6.45) is 0. The van der Waals surface area contributed by atoms with E-state index in [1.165, 1.54) is 4.90 Å². The Kier molecular flexibility index (Phi) is 5.42. The molecule has 0 fully saturated rings. The summed E-state index contributed by atoms with van der Waals surface area (Å²) < 4.78 is 2.77. The van der Waals surface area contributed by atoms with Crippen LogP contribution in [-0.2, 0) is 16.1 Å². The molecule has 6 heteroatoms. The van der Waals surface area contributed by atoms with Gasteiger partial charge in [0.15, 0.2) is 0 Å². The number of nitrogens with one attached hydrogen (secondary N) is 1. The van der Waals surface area contributed by atoms with E-state index in [0.717, 1.165) is 21.1 Å². The number of para-hydroxylation sites is 2. The van der Waals surface area contributed by atoms with Gasteiger partial charge in [-0.25, -0.2) is 0 Å². The average molecular weight is 414 g/mol. The van der Waals surface area contributed by atoms with E-state index < -0.39 is 0 Å². The van der Waals surface area contributed by atoms with Crippen molar-refractivity contribution < 1.29 is 9.59 Å². The molecule has 0 atom stereocenters. The fourth-order valence-electron chi connectivity index (χ4n) is 2.87. The van der Waals surface area contributed by atoms with Crippen molar-refractivity contribution in [1.82, 2.24) is 9.47 Å². The Labute approximate surface area is 160 Å². The Morgan fingerprint density at radius 3 is 2.58 bits per heavy atom. The van der Waals surface area contributed by atoms with Crippen LogP contribution in [0.1, 0.15) is 5.69 Å². The fraction of sp³-hybridized carbons (Fsp3) is 0.200. The highest BCUT2D eigenvalue weighted by Crippen LogP contribution is 2.21. The van der Waals surface area contributed by atoms with E-state index >= 15 is 0 Å². The number of carbonyl (C=O) groups excluding carboxylic acids is 2. The number of carbonyl (C=O) groups is 2. The highest BCUT2D eigenvalue weighted by Gasteiger charge is 2.16. The SMILES string of the molecule is Cc1cc2ccccc2n1CC(=O)N(C)CC(=O)Nc1ccccc1Br. The molecule has 1 heterocycles. The van der Waals surface area contributed by atoms with Crippen molar-refractivity contribution in [2.45, 2.75) is 13.5 Å². The Morgan fingerprint density at radius 2 is 1.81 bits per heavy atom. The Balaban J connectivity index is 1.65. The molecule has 0 radical (unpaired) electrons. The van der Waals surface area contributed by atoms with Crippen molar-refractivity contribution in [2.24, 2.45) is 0 Å². The fourth-order valence-corrected chi connectivity index (χ4v) is 3.25. The second-order valence-corrected chi connectivity index (χ2v) is 7.06. The maximum atomic E-state index is 12.6. The molecule has 0 aliphatic rings. The lowest BCUT2D eigenvalue weighted by atomic mass is 10.2. The van der Waals surface area contributed by atoms with E-state index in [2.05, 4.69) is 27.3 Å². The Hall–Kier alpha value is -2.60. The number of fused-ring (bicyclic) bond motifs is 1. The van der Waals surface area contributed by atoms with Crippen LogP contribution in [0.2, 0.25) is 0 Å². The zero-order valence-electron chi connectivity index (χ0n) is 14.7. The third-order valence-corrected chi connectivity index (χ3v) is 4.96. The zero-order chi connectivity index (χ0) is 18.7. The molecule has 3 rings (SSSR count). The van der Waals surface area contributed by atoms with E-state index in [4.69, 9.17) is 0 Å². The van der Waals surface area contributed by atoms with Gasteiger partial charge in [0.05, 0.1) is 12.2 Å². The smallest absolute Gasteiger partial charge is 0.244 e. The summed E-state index contributed by atoms with van der Waals surface area (Å²) in [6.45, 7) is 2.18. The normalized spacial score (nSPS) is 10.7. The molecule has 1 aromatic heterocycles. The first kappa shape index (κ1) is 18.2. The highest BCUT2D eigenvalue weighted by atomic mass is 79.9. The number of aryl methyl sites for hydroxylation is 1. The lowest BCUT2D eigenvalue weighted by molar-refractivity contribution is -0.133. The first-order chi connectivity index (χ1) is 12.5. The number of likely N-dealkylation sites (N-methyl/N-ethyl adjacent to an activating group) is 1. The predicted molar refractivity (Wildman–Crippen MR) is 107 cm³/mol. The molecular formula is C20H20BrN3O2. The number of hydrogen-bond donors (Lipinski definition) is 1. The molecule has 5 nitrogen and oxygen atoms in total. The predicted octanol–water partition coefficient (Wildman–Crippen LogP) is 3.81. The summed E-state index contributed by atoms with van der Waals surface area (Å²) in [5, 5.41) is 3.91. The summed E-state index contributed by atoms with van der Waals surface area (Å²) in [6, 6.07) is 17.4. The van der Waals surface area contributed by atoms with Gasteiger partial charge < -0.3 is 14.8 Å². The minimum absolute atomic E-state index is 0.00157. The van der Waals surface area contributed by atoms with E-state index in [1.54, 1.807) is 13.1 Å². The third kappa shape index (κ3) is 3.96. The number of rotatable bonds is 5. The molecule has 0 aliphatic carbocycles. The van der Waals surface area contributed by atoms with Gasteiger partial charge in [-0.3, -0.25) is 9.59 Å². The van der Waals surface area contributed by atoms with Crippen LogP contribution in [0.3, 0.4) is 0 Å². The van der Waals surface area contributed by atoms with Crippen molar-refractivity contribution >= 4 is 44.3 Å². The van der Waals surface area contributed by atoms with Crippen molar-refractivity contribution in [2.75, 3.05) is 18.9 Å². The number of nitrogens with zero attached hydrogens (tertiary/aromatic N) is 2. The van der Waals surface area contributed by atoms with E-state index in [9.17, 15) is 9.59 Å². The second kappa shape index (κ2) is 7.74. The molecule has 1 N–H and O–H groups in total. The van der Waals surface area contributed by atoms with Gasteiger partial charge in [-0.15, -0.1) is 0 Å². The minimum atomic E-state index is -0.234. The molecule has 0 spiro atoms. The number of benzene rings is 2. The molecule has 134 valence electrons. The second-order valence-electron chi connectivity index (χ2n) is 6.21. The average Bonchev–Trinajstić information content (AvgIpc) is 2.92. The van der Waals surface area contributed by atoms with Gasteiger partial charge in [0, 0.05) is 22.7 Å². The third-order valence-electron chi connectivity index (χ3n) is 4.27. The topological polar surface area (TPSA) is 54.3 Å². The number of hydrogen-bond acceptors (Lipinski definition) is 2. The standard InChI is InChI=1S/C20H20BrN3O2/c1-14-11-15-7-3-6-10-18(15)24(14)13-20(26)23(2)12-19(25)22-17-9-5-4-8-16(17)21/h3-11H,12-13H2,1-2H3,(H,22,25). The molecule has 0 saturated carbocycles. The minimum Gasteiger partial charge on any atom is -0.335 e. The Bertz CT molecular complexity index is 965. The molecular weight excluding hydrogens is 394 g/mol. The van der Waals surface area contributed by atoms with Crippen LogP contribution in [0, 0.1) is 6.92 Å². The van der Waals surface area contributed by atoms with Crippen LogP contribution in [0.25, 0.3) is 10.9 Å². The molecule has 2 amide bonds. The van der Waals surface area contributed by atoms with Gasteiger partial charge in [0.1, 0.15) is 6.54 Å².